The van der Waals surface area contributed by atoms with E-state index in [4.69, 9.17) is 17.3 Å². The maximum absolute atomic E-state index is 13.1. The van der Waals surface area contributed by atoms with Gasteiger partial charge in [-0.2, -0.15) is 0 Å². The van der Waals surface area contributed by atoms with Crippen molar-refractivity contribution in [2.45, 2.75) is 24.3 Å². The third kappa shape index (κ3) is 2.53. The molecular formula is C10H12ClFN2O2S. The maximum Gasteiger partial charge on any atom is 0.242 e. The summed E-state index contributed by atoms with van der Waals surface area (Å²) in [7, 11) is -3.73. The molecular weight excluding hydrogens is 267 g/mol. The van der Waals surface area contributed by atoms with Crippen molar-refractivity contribution >= 4 is 27.3 Å². The molecule has 0 amide bonds. The van der Waals surface area contributed by atoms with E-state index in [2.05, 4.69) is 4.72 Å². The van der Waals surface area contributed by atoms with Crippen LogP contribution in [0.2, 0.25) is 5.02 Å². The average Bonchev–Trinajstić information content (AvgIpc) is 2.86. The Morgan fingerprint density at radius 1 is 1.53 bits per heavy atom. The first-order valence-corrected chi connectivity index (χ1v) is 6.94. The van der Waals surface area contributed by atoms with E-state index in [0.29, 0.717) is 5.92 Å². The van der Waals surface area contributed by atoms with E-state index in [1.165, 1.54) is 0 Å². The first-order valence-electron chi connectivity index (χ1n) is 5.08. The fourth-order valence-electron chi connectivity index (χ4n) is 1.50. The Balaban J connectivity index is 2.35. The first kappa shape index (κ1) is 12.6. The van der Waals surface area contributed by atoms with Crippen molar-refractivity contribution in [3.05, 3.63) is 23.0 Å². The van der Waals surface area contributed by atoms with Gasteiger partial charge in [0.25, 0.3) is 0 Å². The lowest BCUT2D eigenvalue weighted by molar-refractivity contribution is 0.577. The van der Waals surface area contributed by atoms with Crippen LogP contribution < -0.4 is 10.5 Å². The van der Waals surface area contributed by atoms with Gasteiger partial charge < -0.3 is 5.73 Å². The summed E-state index contributed by atoms with van der Waals surface area (Å²) < 4.78 is 39.4. The number of sulfonamides is 1. The summed E-state index contributed by atoms with van der Waals surface area (Å²) in [5.41, 5.74) is 5.10. The summed E-state index contributed by atoms with van der Waals surface area (Å²) >= 11 is 5.71. The Kier molecular flexibility index (Phi) is 3.05. The lowest BCUT2D eigenvalue weighted by Gasteiger charge is -2.09. The van der Waals surface area contributed by atoms with Crippen molar-refractivity contribution in [2.75, 3.05) is 5.73 Å². The van der Waals surface area contributed by atoms with Crippen molar-refractivity contribution in [3.8, 4) is 0 Å². The van der Waals surface area contributed by atoms with Crippen molar-refractivity contribution in [1.29, 1.82) is 0 Å². The summed E-state index contributed by atoms with van der Waals surface area (Å²) in [5, 5.41) is -0.169. The van der Waals surface area contributed by atoms with Crippen LogP contribution in [-0.4, -0.2) is 14.5 Å². The monoisotopic (exact) mass is 278 g/mol. The molecule has 4 nitrogen and oxygen atoms in total. The molecule has 0 aromatic heterocycles. The Hall–Kier alpha value is -0.850. The fraction of sp³-hybridized carbons (Fsp3) is 0.400. The Morgan fingerprint density at radius 2 is 2.12 bits per heavy atom. The van der Waals surface area contributed by atoms with E-state index in [9.17, 15) is 12.8 Å². The number of benzene rings is 1. The minimum Gasteiger partial charge on any atom is -0.396 e. The number of nitrogens with one attached hydrogen (secondary N) is 1. The molecule has 1 aliphatic rings. The number of rotatable bonds is 3. The maximum atomic E-state index is 13.1. The van der Waals surface area contributed by atoms with Gasteiger partial charge in [-0.1, -0.05) is 18.5 Å². The highest BCUT2D eigenvalue weighted by Crippen LogP contribution is 2.32. The van der Waals surface area contributed by atoms with Gasteiger partial charge in [0, 0.05) is 6.04 Å². The highest BCUT2D eigenvalue weighted by molar-refractivity contribution is 7.89. The molecule has 1 aromatic rings. The summed E-state index contributed by atoms with van der Waals surface area (Å²) in [6, 6.07) is 1.87. The fourth-order valence-corrected chi connectivity index (χ4v) is 3.41. The molecule has 0 aliphatic heterocycles. The molecule has 0 bridgehead atoms. The van der Waals surface area contributed by atoms with Gasteiger partial charge in [-0.25, -0.2) is 17.5 Å². The molecule has 1 aromatic carbocycles. The van der Waals surface area contributed by atoms with Crippen LogP contribution >= 0.6 is 11.6 Å². The number of halogens is 2. The molecule has 1 fully saturated rings. The second kappa shape index (κ2) is 4.12. The smallest absolute Gasteiger partial charge is 0.242 e. The second-order valence-electron chi connectivity index (χ2n) is 4.24. The molecule has 3 N–H and O–H groups in total. The van der Waals surface area contributed by atoms with Gasteiger partial charge in [0.15, 0.2) is 0 Å². The zero-order valence-electron chi connectivity index (χ0n) is 9.07. The number of nitrogen functional groups attached to an aromatic ring is 1. The molecule has 0 saturated heterocycles. The summed E-state index contributed by atoms with van der Waals surface area (Å²) in [5.74, 6) is -0.407. The van der Waals surface area contributed by atoms with Crippen LogP contribution in [0.4, 0.5) is 10.1 Å². The van der Waals surface area contributed by atoms with E-state index >= 15 is 0 Å². The molecule has 0 spiro atoms. The number of hydrogen-bond acceptors (Lipinski definition) is 3. The van der Waals surface area contributed by atoms with Crippen LogP contribution in [0.3, 0.4) is 0 Å². The third-order valence-electron chi connectivity index (χ3n) is 2.76. The molecule has 2 rings (SSSR count). The standard InChI is InChI=1S/C10H12ClFN2O2S/c1-5-2-9(5)14-17(15,16)10-4-8(13)7(12)3-6(10)11/h3-5,9,14H,2,13H2,1H3. The lowest BCUT2D eigenvalue weighted by atomic mass is 10.3. The van der Waals surface area contributed by atoms with Gasteiger partial charge >= 0.3 is 0 Å². The highest BCUT2D eigenvalue weighted by Gasteiger charge is 2.37. The second-order valence-corrected chi connectivity index (χ2v) is 6.33. The van der Waals surface area contributed by atoms with Crippen molar-refractivity contribution in [3.63, 3.8) is 0 Å². The van der Waals surface area contributed by atoms with Crippen LogP contribution in [0.5, 0.6) is 0 Å². The topological polar surface area (TPSA) is 72.2 Å². The number of hydrogen-bond donors (Lipinski definition) is 2. The highest BCUT2D eigenvalue weighted by atomic mass is 35.5. The summed E-state index contributed by atoms with van der Waals surface area (Å²) in [6.45, 7) is 1.94. The zero-order valence-corrected chi connectivity index (χ0v) is 10.6. The van der Waals surface area contributed by atoms with Crippen LogP contribution in [0.1, 0.15) is 13.3 Å². The molecule has 0 heterocycles. The van der Waals surface area contributed by atoms with Gasteiger partial charge in [-0.3, -0.25) is 0 Å². The minimum atomic E-state index is -3.73. The summed E-state index contributed by atoms with van der Waals surface area (Å²) in [4.78, 5) is -0.183. The van der Waals surface area contributed by atoms with Crippen molar-refractivity contribution in [1.82, 2.24) is 4.72 Å². The van der Waals surface area contributed by atoms with Crippen molar-refractivity contribution in [2.24, 2.45) is 5.92 Å². The lowest BCUT2D eigenvalue weighted by Crippen LogP contribution is -2.27. The Labute approximate surface area is 104 Å². The zero-order chi connectivity index (χ0) is 12.8. The SMILES string of the molecule is CC1CC1NS(=O)(=O)c1cc(N)c(F)cc1Cl. The summed E-state index contributed by atoms with van der Waals surface area (Å²) in [6.07, 6.45) is 0.799. The van der Waals surface area contributed by atoms with Gasteiger partial charge in [0.2, 0.25) is 10.0 Å². The molecule has 94 valence electrons. The number of nitrogens with two attached hydrogens (primary N) is 1. The van der Waals surface area contributed by atoms with Crippen LogP contribution in [0.25, 0.3) is 0 Å². The molecule has 1 aliphatic carbocycles. The Bertz CT molecular complexity index is 562. The number of anilines is 1. The Morgan fingerprint density at radius 3 is 2.65 bits per heavy atom. The van der Waals surface area contributed by atoms with Gasteiger partial charge in [0.05, 0.1) is 10.7 Å². The van der Waals surface area contributed by atoms with E-state index in [1.807, 2.05) is 6.92 Å². The van der Waals surface area contributed by atoms with E-state index in [0.717, 1.165) is 18.6 Å². The quantitative estimate of drug-likeness (QED) is 0.828. The van der Waals surface area contributed by atoms with E-state index < -0.39 is 15.8 Å². The first-order chi connectivity index (χ1) is 7.81. The predicted molar refractivity (Wildman–Crippen MR) is 63.7 cm³/mol. The third-order valence-corrected chi connectivity index (χ3v) is 4.71. The largest absolute Gasteiger partial charge is 0.396 e. The van der Waals surface area contributed by atoms with Gasteiger partial charge in [0.1, 0.15) is 10.7 Å². The molecule has 0 radical (unpaired) electrons. The van der Waals surface area contributed by atoms with Gasteiger partial charge in [-0.15, -0.1) is 0 Å². The van der Waals surface area contributed by atoms with Gasteiger partial charge in [-0.05, 0) is 24.5 Å². The predicted octanol–water partition coefficient (Wildman–Crippen LogP) is 1.75. The molecule has 17 heavy (non-hydrogen) atoms. The van der Waals surface area contributed by atoms with Crippen molar-refractivity contribution < 1.29 is 12.8 Å². The van der Waals surface area contributed by atoms with E-state index in [-0.39, 0.29) is 21.6 Å². The normalized spacial score (nSPS) is 23.7. The molecule has 7 heteroatoms. The molecule has 1 saturated carbocycles. The van der Waals surface area contributed by atoms with Crippen LogP contribution in [0, 0.1) is 11.7 Å². The molecule has 2 unspecified atom stereocenters. The average molecular weight is 279 g/mol. The van der Waals surface area contributed by atoms with Crippen LogP contribution in [0.15, 0.2) is 17.0 Å². The minimum absolute atomic E-state index is 0.0673. The molecule has 2 atom stereocenters. The van der Waals surface area contributed by atoms with E-state index in [1.54, 1.807) is 0 Å². The van der Waals surface area contributed by atoms with Crippen LogP contribution in [-0.2, 0) is 10.0 Å².